The average molecular weight is 392 g/mol. The Bertz CT molecular complexity index is 929. The lowest BCUT2D eigenvalue weighted by atomic mass is 10.0. The van der Waals surface area contributed by atoms with Crippen LogP contribution in [0.3, 0.4) is 0 Å². The number of amides is 2. The number of urea groups is 1. The number of carbonyl (C=O) groups excluding carboxylic acids is 2. The summed E-state index contributed by atoms with van der Waals surface area (Å²) in [5.74, 6) is -0.336. The summed E-state index contributed by atoms with van der Waals surface area (Å²) < 4.78 is 0. The molecule has 0 fully saturated rings. The van der Waals surface area contributed by atoms with E-state index in [1.54, 1.807) is 48.0 Å². The van der Waals surface area contributed by atoms with Crippen LogP contribution in [0.2, 0.25) is 10.0 Å². The Balaban J connectivity index is 1.89. The average Bonchev–Trinajstić information content (AvgIpc) is 3.09. The maximum atomic E-state index is 12.8. The molecular weight excluding hydrogens is 381 g/mol. The standard InChI is InChI=1S/C17H11Cl2N3O2S/c18-10-5-6-14(21-16(24)22-17-20-7-8-25-17)12(9-10)15(23)11-3-1-2-4-13(11)19/h1-9H,(H2,20,21,22,24). The molecule has 2 N–H and O–H groups in total. The Morgan fingerprint density at radius 1 is 1.00 bits per heavy atom. The molecule has 8 heteroatoms. The first-order valence-electron chi connectivity index (χ1n) is 7.11. The highest BCUT2D eigenvalue weighted by molar-refractivity contribution is 7.13. The molecule has 1 aromatic heterocycles. The van der Waals surface area contributed by atoms with Gasteiger partial charge in [0, 0.05) is 27.7 Å². The largest absolute Gasteiger partial charge is 0.325 e. The molecule has 0 aliphatic heterocycles. The minimum Gasteiger partial charge on any atom is -0.307 e. The number of hydrogen-bond acceptors (Lipinski definition) is 4. The van der Waals surface area contributed by atoms with Crippen molar-refractivity contribution in [3.8, 4) is 0 Å². The predicted molar refractivity (Wildman–Crippen MR) is 101 cm³/mol. The molecule has 0 saturated carbocycles. The number of aromatic nitrogens is 1. The molecule has 25 heavy (non-hydrogen) atoms. The van der Waals surface area contributed by atoms with Gasteiger partial charge in [-0.05, 0) is 30.3 Å². The number of carbonyl (C=O) groups is 2. The van der Waals surface area contributed by atoms with Crippen LogP contribution in [-0.4, -0.2) is 16.8 Å². The van der Waals surface area contributed by atoms with Gasteiger partial charge in [-0.3, -0.25) is 10.1 Å². The molecule has 0 radical (unpaired) electrons. The second-order valence-electron chi connectivity index (χ2n) is 4.92. The second-order valence-corrected chi connectivity index (χ2v) is 6.65. The molecule has 0 bridgehead atoms. The normalized spacial score (nSPS) is 10.3. The maximum Gasteiger partial charge on any atom is 0.325 e. The Morgan fingerprint density at radius 2 is 1.80 bits per heavy atom. The predicted octanol–water partition coefficient (Wildman–Crippen LogP) is 5.32. The number of ketones is 1. The van der Waals surface area contributed by atoms with Crippen LogP contribution in [0.1, 0.15) is 15.9 Å². The van der Waals surface area contributed by atoms with E-state index in [-0.39, 0.29) is 11.3 Å². The van der Waals surface area contributed by atoms with E-state index in [1.807, 2.05) is 0 Å². The van der Waals surface area contributed by atoms with Gasteiger partial charge < -0.3 is 5.32 Å². The van der Waals surface area contributed by atoms with Crippen molar-refractivity contribution in [1.29, 1.82) is 0 Å². The van der Waals surface area contributed by atoms with E-state index in [1.165, 1.54) is 17.4 Å². The molecule has 2 aromatic carbocycles. The molecule has 1 heterocycles. The molecule has 126 valence electrons. The summed E-state index contributed by atoms with van der Waals surface area (Å²) in [4.78, 5) is 28.9. The van der Waals surface area contributed by atoms with Crippen molar-refractivity contribution in [3.63, 3.8) is 0 Å². The molecule has 2 amide bonds. The molecule has 5 nitrogen and oxygen atoms in total. The topological polar surface area (TPSA) is 71.1 Å². The first-order chi connectivity index (χ1) is 12.0. The number of rotatable bonds is 4. The highest BCUT2D eigenvalue weighted by Crippen LogP contribution is 2.26. The lowest BCUT2D eigenvalue weighted by Gasteiger charge is -2.12. The SMILES string of the molecule is O=C(Nc1nccs1)Nc1ccc(Cl)cc1C(=O)c1ccccc1Cl. The van der Waals surface area contributed by atoms with Crippen molar-refractivity contribution in [1.82, 2.24) is 4.98 Å². The Hall–Kier alpha value is -2.41. The lowest BCUT2D eigenvalue weighted by molar-refractivity contribution is 0.103. The fourth-order valence-electron chi connectivity index (χ4n) is 2.14. The van der Waals surface area contributed by atoms with Crippen LogP contribution in [-0.2, 0) is 0 Å². The van der Waals surface area contributed by atoms with Gasteiger partial charge in [0.05, 0.1) is 10.7 Å². The van der Waals surface area contributed by atoms with Crippen LogP contribution in [0.15, 0.2) is 54.0 Å². The zero-order valence-corrected chi connectivity index (χ0v) is 15.0. The van der Waals surface area contributed by atoms with Gasteiger partial charge in [0.25, 0.3) is 0 Å². The Morgan fingerprint density at radius 3 is 2.52 bits per heavy atom. The van der Waals surface area contributed by atoms with Crippen molar-refractivity contribution in [2.24, 2.45) is 0 Å². The van der Waals surface area contributed by atoms with Gasteiger partial charge in [0.1, 0.15) is 0 Å². The third-order valence-electron chi connectivity index (χ3n) is 3.25. The first-order valence-corrected chi connectivity index (χ1v) is 8.74. The fourth-order valence-corrected chi connectivity index (χ4v) is 3.06. The first kappa shape index (κ1) is 17.4. The zero-order valence-electron chi connectivity index (χ0n) is 12.6. The Kier molecular flexibility index (Phi) is 5.33. The van der Waals surface area contributed by atoms with E-state index in [2.05, 4.69) is 15.6 Å². The van der Waals surface area contributed by atoms with E-state index >= 15 is 0 Å². The molecule has 0 atom stereocenters. The lowest BCUT2D eigenvalue weighted by Crippen LogP contribution is -2.21. The molecule has 0 aliphatic rings. The number of hydrogen-bond donors (Lipinski definition) is 2. The molecule has 0 spiro atoms. The van der Waals surface area contributed by atoms with Gasteiger partial charge in [0.15, 0.2) is 10.9 Å². The summed E-state index contributed by atoms with van der Waals surface area (Å²) in [5, 5.41) is 8.12. The molecule has 0 saturated heterocycles. The molecule has 0 unspecified atom stereocenters. The summed E-state index contributed by atoms with van der Waals surface area (Å²) in [5.41, 5.74) is 0.896. The third kappa shape index (κ3) is 4.17. The monoisotopic (exact) mass is 391 g/mol. The third-order valence-corrected chi connectivity index (χ3v) is 4.50. The summed E-state index contributed by atoms with van der Waals surface area (Å²) in [6.07, 6.45) is 1.58. The van der Waals surface area contributed by atoms with Crippen LogP contribution in [0, 0.1) is 0 Å². The number of nitrogens with zero attached hydrogens (tertiary/aromatic N) is 1. The summed E-state index contributed by atoms with van der Waals surface area (Å²) in [7, 11) is 0. The quantitative estimate of drug-likeness (QED) is 0.590. The summed E-state index contributed by atoms with van der Waals surface area (Å²) in [6, 6.07) is 10.8. The van der Waals surface area contributed by atoms with Crippen LogP contribution in [0.4, 0.5) is 15.6 Å². The van der Waals surface area contributed by atoms with E-state index in [9.17, 15) is 9.59 Å². The van der Waals surface area contributed by atoms with Crippen molar-refractivity contribution >= 4 is 57.2 Å². The number of benzene rings is 2. The zero-order chi connectivity index (χ0) is 17.8. The number of halogens is 2. The second kappa shape index (κ2) is 7.65. The van der Waals surface area contributed by atoms with Crippen LogP contribution in [0.5, 0.6) is 0 Å². The number of anilines is 2. The summed E-state index contributed by atoms with van der Waals surface area (Å²) >= 11 is 13.4. The van der Waals surface area contributed by atoms with Crippen molar-refractivity contribution in [3.05, 3.63) is 75.2 Å². The van der Waals surface area contributed by atoms with E-state index in [0.717, 1.165) is 0 Å². The van der Waals surface area contributed by atoms with Gasteiger partial charge >= 0.3 is 6.03 Å². The smallest absolute Gasteiger partial charge is 0.307 e. The molecular formula is C17H11Cl2N3O2S. The van der Waals surface area contributed by atoms with Crippen molar-refractivity contribution in [2.75, 3.05) is 10.6 Å². The van der Waals surface area contributed by atoms with Crippen LogP contribution < -0.4 is 10.6 Å². The highest BCUT2D eigenvalue weighted by Gasteiger charge is 2.18. The number of thiazole rings is 1. The van der Waals surface area contributed by atoms with E-state index in [4.69, 9.17) is 23.2 Å². The van der Waals surface area contributed by atoms with Crippen molar-refractivity contribution < 1.29 is 9.59 Å². The van der Waals surface area contributed by atoms with Crippen molar-refractivity contribution in [2.45, 2.75) is 0 Å². The highest BCUT2D eigenvalue weighted by atomic mass is 35.5. The molecule has 0 aliphatic carbocycles. The van der Waals surface area contributed by atoms with E-state index in [0.29, 0.717) is 26.4 Å². The molecule has 3 aromatic rings. The van der Waals surface area contributed by atoms with Crippen LogP contribution >= 0.6 is 34.5 Å². The van der Waals surface area contributed by atoms with Gasteiger partial charge in [-0.2, -0.15) is 0 Å². The van der Waals surface area contributed by atoms with Gasteiger partial charge in [-0.25, -0.2) is 9.78 Å². The molecule has 3 rings (SSSR count). The number of nitrogens with one attached hydrogen (secondary N) is 2. The maximum absolute atomic E-state index is 12.8. The minimum absolute atomic E-state index is 0.245. The van der Waals surface area contributed by atoms with Gasteiger partial charge in [-0.1, -0.05) is 35.3 Å². The fraction of sp³-hybridized carbons (Fsp3) is 0. The Labute approximate surface area is 157 Å². The van der Waals surface area contributed by atoms with Gasteiger partial charge in [0.2, 0.25) is 0 Å². The van der Waals surface area contributed by atoms with E-state index < -0.39 is 6.03 Å². The van der Waals surface area contributed by atoms with Gasteiger partial charge in [-0.15, -0.1) is 11.3 Å². The van der Waals surface area contributed by atoms with Crippen LogP contribution in [0.25, 0.3) is 0 Å². The minimum atomic E-state index is -0.509. The summed E-state index contributed by atoms with van der Waals surface area (Å²) in [6.45, 7) is 0.